The van der Waals surface area contributed by atoms with Crippen molar-refractivity contribution >= 4 is 34.8 Å². The largest absolute Gasteiger partial charge is 0.198 e. The Morgan fingerprint density at radius 2 is 1.94 bits per heavy atom. The summed E-state index contributed by atoms with van der Waals surface area (Å²) >= 11 is 18.0. The molecule has 0 heterocycles. The Kier molecular flexibility index (Phi) is 5.09. The topological polar surface area (TPSA) is 47.6 Å². The molecule has 1 aromatic carbocycles. The van der Waals surface area contributed by atoms with Gasteiger partial charge in [0, 0.05) is 22.9 Å². The van der Waals surface area contributed by atoms with E-state index in [-0.39, 0.29) is 12.8 Å². The zero-order chi connectivity index (χ0) is 12.9. The summed E-state index contributed by atoms with van der Waals surface area (Å²) in [5.74, 6) is 0. The molecule has 17 heavy (non-hydrogen) atoms. The van der Waals surface area contributed by atoms with Crippen LogP contribution < -0.4 is 0 Å². The van der Waals surface area contributed by atoms with E-state index in [4.69, 9.17) is 45.3 Å². The second kappa shape index (κ2) is 6.12. The molecule has 0 saturated carbocycles. The van der Waals surface area contributed by atoms with Gasteiger partial charge in [0.15, 0.2) is 0 Å². The number of nitriles is 2. The van der Waals surface area contributed by atoms with Gasteiger partial charge in [-0.15, -0.1) is 11.6 Å². The number of alkyl halides is 1. The van der Waals surface area contributed by atoms with Gasteiger partial charge in [-0.2, -0.15) is 10.5 Å². The summed E-state index contributed by atoms with van der Waals surface area (Å²) < 4.78 is 0. The van der Waals surface area contributed by atoms with E-state index in [9.17, 15) is 0 Å². The van der Waals surface area contributed by atoms with Crippen molar-refractivity contribution < 1.29 is 0 Å². The quantitative estimate of drug-likeness (QED) is 0.773. The summed E-state index contributed by atoms with van der Waals surface area (Å²) in [6.07, 6.45) is 0.797. The summed E-state index contributed by atoms with van der Waals surface area (Å²) in [5.41, 5.74) is 0.716. The van der Waals surface area contributed by atoms with E-state index in [0.29, 0.717) is 22.0 Å². The van der Waals surface area contributed by atoms with Crippen molar-refractivity contribution in [1.29, 1.82) is 10.5 Å². The van der Waals surface area contributed by atoms with Crippen molar-refractivity contribution in [2.45, 2.75) is 24.1 Å². The smallest absolute Gasteiger partial charge is 0.136 e. The lowest BCUT2D eigenvalue weighted by molar-refractivity contribution is 0.650. The predicted octanol–water partition coefficient (Wildman–Crippen LogP) is 4.34. The van der Waals surface area contributed by atoms with E-state index in [1.807, 2.05) is 12.1 Å². The molecular weight excluding hydrogens is 279 g/mol. The molecular formula is C12H9Cl3N2. The fourth-order valence-electron chi connectivity index (χ4n) is 1.42. The SMILES string of the molecule is N#CCCC(Cl)(C#N)Cc1cc(Cl)ccc1Cl. The molecule has 1 atom stereocenters. The summed E-state index contributed by atoms with van der Waals surface area (Å²) in [4.78, 5) is -1.11. The van der Waals surface area contributed by atoms with Crippen molar-refractivity contribution in [1.82, 2.24) is 0 Å². The molecule has 0 saturated heterocycles. The lowest BCUT2D eigenvalue weighted by atomic mass is 9.95. The van der Waals surface area contributed by atoms with E-state index in [1.54, 1.807) is 18.2 Å². The van der Waals surface area contributed by atoms with Crippen LogP contribution in [0.5, 0.6) is 0 Å². The van der Waals surface area contributed by atoms with Crippen LogP contribution in [-0.2, 0) is 6.42 Å². The molecule has 0 fully saturated rings. The Hall–Kier alpha value is -0.930. The Morgan fingerprint density at radius 1 is 1.24 bits per heavy atom. The van der Waals surface area contributed by atoms with Gasteiger partial charge in [-0.1, -0.05) is 23.2 Å². The Morgan fingerprint density at radius 3 is 2.53 bits per heavy atom. The highest BCUT2D eigenvalue weighted by Crippen LogP contribution is 2.30. The highest BCUT2D eigenvalue weighted by Gasteiger charge is 2.28. The first-order valence-corrected chi connectivity index (χ1v) is 6.05. The molecule has 1 rings (SSSR count). The van der Waals surface area contributed by atoms with Crippen LogP contribution in [0, 0.1) is 22.7 Å². The lowest BCUT2D eigenvalue weighted by Crippen LogP contribution is -2.22. The van der Waals surface area contributed by atoms with Crippen LogP contribution in [0.4, 0.5) is 0 Å². The number of benzene rings is 1. The van der Waals surface area contributed by atoms with E-state index in [1.165, 1.54) is 0 Å². The molecule has 0 radical (unpaired) electrons. The zero-order valence-corrected chi connectivity index (χ0v) is 11.1. The Bertz CT molecular complexity index is 488. The molecule has 5 heteroatoms. The number of hydrogen-bond donors (Lipinski definition) is 0. The maximum atomic E-state index is 9.07. The molecule has 0 aliphatic carbocycles. The molecule has 0 amide bonds. The summed E-state index contributed by atoms with van der Waals surface area (Å²) in [5, 5.41) is 18.7. The monoisotopic (exact) mass is 286 g/mol. The normalized spacial score (nSPS) is 13.5. The third-order valence-electron chi connectivity index (χ3n) is 2.31. The van der Waals surface area contributed by atoms with Crippen LogP contribution in [0.15, 0.2) is 18.2 Å². The summed E-state index contributed by atoms with van der Waals surface area (Å²) in [7, 11) is 0. The molecule has 1 unspecified atom stereocenters. The van der Waals surface area contributed by atoms with Gasteiger partial charge in [0.2, 0.25) is 0 Å². The number of halogens is 3. The molecule has 0 N–H and O–H groups in total. The van der Waals surface area contributed by atoms with Gasteiger partial charge in [0.1, 0.15) is 4.87 Å². The van der Waals surface area contributed by atoms with Crippen molar-refractivity contribution in [2.75, 3.05) is 0 Å². The van der Waals surface area contributed by atoms with E-state index in [0.717, 1.165) is 0 Å². The summed E-state index contributed by atoms with van der Waals surface area (Å²) in [6.45, 7) is 0. The van der Waals surface area contributed by atoms with Crippen LogP contribution in [0.2, 0.25) is 10.0 Å². The number of hydrogen-bond acceptors (Lipinski definition) is 2. The van der Waals surface area contributed by atoms with Crippen molar-refractivity contribution in [3.05, 3.63) is 33.8 Å². The zero-order valence-electron chi connectivity index (χ0n) is 8.88. The standard InChI is InChI=1S/C12H9Cl3N2/c13-10-2-3-11(14)9(6-10)7-12(15,8-17)4-1-5-16/h2-3,6H,1,4,7H2. The first kappa shape index (κ1) is 14.1. The van der Waals surface area contributed by atoms with E-state index in [2.05, 4.69) is 0 Å². The predicted molar refractivity (Wildman–Crippen MR) is 69.2 cm³/mol. The van der Waals surface area contributed by atoms with Gasteiger partial charge in [0.05, 0.1) is 12.1 Å². The van der Waals surface area contributed by atoms with Gasteiger partial charge in [-0.05, 0) is 30.2 Å². The van der Waals surface area contributed by atoms with Crippen molar-refractivity contribution in [2.24, 2.45) is 0 Å². The van der Waals surface area contributed by atoms with Crippen LogP contribution in [-0.4, -0.2) is 4.87 Å². The first-order chi connectivity index (χ1) is 8.00. The third-order valence-corrected chi connectivity index (χ3v) is 3.32. The average molecular weight is 288 g/mol. The lowest BCUT2D eigenvalue weighted by Gasteiger charge is -2.18. The molecule has 0 spiro atoms. The molecule has 88 valence electrons. The van der Waals surface area contributed by atoms with Gasteiger partial charge in [-0.3, -0.25) is 0 Å². The molecule has 1 aromatic rings. The Labute approximate surface area is 115 Å². The molecule has 0 aromatic heterocycles. The van der Waals surface area contributed by atoms with Gasteiger partial charge < -0.3 is 0 Å². The van der Waals surface area contributed by atoms with Gasteiger partial charge in [0.25, 0.3) is 0 Å². The second-order valence-corrected chi connectivity index (χ2v) is 5.21. The average Bonchev–Trinajstić information content (AvgIpc) is 2.31. The number of rotatable bonds is 4. The highest BCUT2D eigenvalue weighted by molar-refractivity contribution is 6.33. The van der Waals surface area contributed by atoms with Gasteiger partial charge in [-0.25, -0.2) is 0 Å². The van der Waals surface area contributed by atoms with Crippen molar-refractivity contribution in [3.63, 3.8) is 0 Å². The van der Waals surface area contributed by atoms with Crippen LogP contribution in [0.3, 0.4) is 0 Å². The molecule has 0 aliphatic rings. The van der Waals surface area contributed by atoms with Crippen molar-refractivity contribution in [3.8, 4) is 12.1 Å². The molecule has 2 nitrogen and oxygen atoms in total. The highest BCUT2D eigenvalue weighted by atomic mass is 35.5. The Balaban J connectivity index is 2.92. The van der Waals surface area contributed by atoms with Crippen LogP contribution >= 0.6 is 34.8 Å². The fraction of sp³-hybridized carbons (Fsp3) is 0.333. The third kappa shape index (κ3) is 4.10. The maximum Gasteiger partial charge on any atom is 0.136 e. The van der Waals surface area contributed by atoms with E-state index >= 15 is 0 Å². The van der Waals surface area contributed by atoms with Gasteiger partial charge >= 0.3 is 0 Å². The minimum atomic E-state index is -1.11. The number of nitrogens with zero attached hydrogens (tertiary/aromatic N) is 2. The molecule has 0 aliphatic heterocycles. The van der Waals surface area contributed by atoms with Crippen LogP contribution in [0.1, 0.15) is 18.4 Å². The minimum absolute atomic E-state index is 0.231. The second-order valence-electron chi connectivity index (χ2n) is 3.65. The minimum Gasteiger partial charge on any atom is -0.198 e. The summed E-state index contributed by atoms with van der Waals surface area (Å²) in [6, 6.07) is 9.02. The van der Waals surface area contributed by atoms with E-state index < -0.39 is 4.87 Å². The first-order valence-electron chi connectivity index (χ1n) is 4.92. The van der Waals surface area contributed by atoms with Crippen LogP contribution in [0.25, 0.3) is 0 Å². The fourth-order valence-corrected chi connectivity index (χ4v) is 2.04. The maximum absolute atomic E-state index is 9.07. The molecule has 0 bridgehead atoms.